The van der Waals surface area contributed by atoms with Crippen molar-refractivity contribution in [2.75, 3.05) is 0 Å². The number of alkyl halides is 2. The van der Waals surface area contributed by atoms with Crippen LogP contribution in [0, 0.1) is 0 Å². The Kier molecular flexibility index (Phi) is 2.49. The first-order valence-corrected chi connectivity index (χ1v) is 3.87. The molecule has 2 N–H and O–H groups in total. The van der Waals surface area contributed by atoms with Crippen LogP contribution in [0.25, 0.3) is 0 Å². The molecule has 5 heteroatoms. The van der Waals surface area contributed by atoms with Gasteiger partial charge in [-0.1, -0.05) is 0 Å². The molecule has 0 radical (unpaired) electrons. The third kappa shape index (κ3) is 2.64. The molecule has 0 aromatic rings. The Morgan fingerprint density at radius 3 is 2.75 bits per heavy atom. The minimum atomic E-state index is -2.69. The van der Waals surface area contributed by atoms with E-state index < -0.39 is 18.1 Å². The minimum absolute atomic E-state index is 0.120. The predicted molar refractivity (Wildman–Crippen MR) is 38.4 cm³/mol. The van der Waals surface area contributed by atoms with Gasteiger partial charge >= 0.3 is 6.09 Å². The molecule has 12 heavy (non-hydrogen) atoms. The first kappa shape index (κ1) is 9.22. The highest BCUT2D eigenvalue weighted by molar-refractivity contribution is 5.64. The summed E-state index contributed by atoms with van der Waals surface area (Å²) in [5.41, 5.74) is 0. The van der Waals surface area contributed by atoms with Crippen LogP contribution in [0.2, 0.25) is 0 Å². The van der Waals surface area contributed by atoms with E-state index >= 15 is 0 Å². The summed E-state index contributed by atoms with van der Waals surface area (Å²) in [6.45, 7) is 0. The molecule has 0 saturated heterocycles. The molecule has 0 aliphatic heterocycles. The van der Waals surface area contributed by atoms with Crippen molar-refractivity contribution in [3.8, 4) is 0 Å². The molecule has 70 valence electrons. The van der Waals surface area contributed by atoms with E-state index in [0.29, 0.717) is 12.8 Å². The van der Waals surface area contributed by atoms with Crippen LogP contribution in [0.3, 0.4) is 0 Å². The van der Waals surface area contributed by atoms with Crippen LogP contribution in [-0.2, 0) is 0 Å². The molecule has 0 aromatic heterocycles. The maximum absolute atomic E-state index is 12.7. The molecule has 0 spiro atoms. The lowest BCUT2D eigenvalue weighted by Crippen LogP contribution is -2.41. The van der Waals surface area contributed by atoms with Gasteiger partial charge in [0.2, 0.25) is 5.92 Å². The Morgan fingerprint density at radius 2 is 2.25 bits per heavy atom. The third-order valence-electron chi connectivity index (χ3n) is 1.97. The van der Waals surface area contributed by atoms with Gasteiger partial charge in [0.1, 0.15) is 0 Å². The number of hydrogen-bond donors (Lipinski definition) is 2. The van der Waals surface area contributed by atoms with Crippen molar-refractivity contribution in [1.82, 2.24) is 5.32 Å². The fourth-order valence-electron chi connectivity index (χ4n) is 1.47. The van der Waals surface area contributed by atoms with Crippen molar-refractivity contribution in [1.29, 1.82) is 0 Å². The number of rotatable bonds is 1. The number of nitrogens with one attached hydrogen (secondary N) is 1. The van der Waals surface area contributed by atoms with E-state index in [1.54, 1.807) is 0 Å². The maximum Gasteiger partial charge on any atom is 0.404 e. The zero-order valence-corrected chi connectivity index (χ0v) is 6.52. The van der Waals surface area contributed by atoms with E-state index in [9.17, 15) is 13.6 Å². The van der Waals surface area contributed by atoms with Crippen LogP contribution in [0.15, 0.2) is 0 Å². The Labute approximate surface area is 68.8 Å². The Bertz CT molecular complexity index is 184. The van der Waals surface area contributed by atoms with Crippen molar-refractivity contribution in [3.63, 3.8) is 0 Å². The number of carboxylic acid groups (broad SMARTS) is 1. The lowest BCUT2D eigenvalue weighted by molar-refractivity contribution is -0.0431. The molecule has 0 bridgehead atoms. The molecule has 1 atom stereocenters. The second kappa shape index (κ2) is 3.25. The smallest absolute Gasteiger partial charge is 0.404 e. The molecule has 1 aliphatic carbocycles. The van der Waals surface area contributed by atoms with E-state index in [4.69, 9.17) is 5.11 Å². The quantitative estimate of drug-likeness (QED) is 0.645. The van der Waals surface area contributed by atoms with Crippen LogP contribution in [0.4, 0.5) is 13.6 Å². The molecular formula is C7H11F2NO2. The summed E-state index contributed by atoms with van der Waals surface area (Å²) in [7, 11) is 0. The normalized spacial score (nSPS) is 28.0. The van der Waals surface area contributed by atoms with Gasteiger partial charge in [0.25, 0.3) is 0 Å². The van der Waals surface area contributed by atoms with Crippen LogP contribution in [-0.4, -0.2) is 23.2 Å². The Hall–Kier alpha value is -0.870. The van der Waals surface area contributed by atoms with Gasteiger partial charge in [-0.15, -0.1) is 0 Å². The zero-order valence-electron chi connectivity index (χ0n) is 6.52. The molecule has 1 rings (SSSR count). The van der Waals surface area contributed by atoms with Crippen molar-refractivity contribution in [2.24, 2.45) is 0 Å². The summed E-state index contributed by atoms with van der Waals surface area (Å²) >= 11 is 0. The molecular weight excluding hydrogens is 168 g/mol. The summed E-state index contributed by atoms with van der Waals surface area (Å²) in [4.78, 5) is 10.1. The standard InChI is InChI=1S/C7H11F2NO2/c8-7(9)3-1-2-5(4-7)10-6(11)12/h5,10H,1-4H2,(H,11,12)/t5-/m1/s1. The Morgan fingerprint density at radius 1 is 1.58 bits per heavy atom. The van der Waals surface area contributed by atoms with Crippen molar-refractivity contribution in [3.05, 3.63) is 0 Å². The van der Waals surface area contributed by atoms with Crippen molar-refractivity contribution in [2.45, 2.75) is 37.6 Å². The van der Waals surface area contributed by atoms with Gasteiger partial charge in [0.15, 0.2) is 0 Å². The summed E-state index contributed by atoms with van der Waals surface area (Å²) in [6, 6.07) is -0.578. The number of hydrogen-bond acceptors (Lipinski definition) is 1. The van der Waals surface area contributed by atoms with Crippen LogP contribution >= 0.6 is 0 Å². The number of amides is 1. The minimum Gasteiger partial charge on any atom is -0.465 e. The molecule has 0 aromatic carbocycles. The van der Waals surface area contributed by atoms with Gasteiger partial charge < -0.3 is 10.4 Å². The highest BCUT2D eigenvalue weighted by Gasteiger charge is 2.36. The number of carbonyl (C=O) groups is 1. The van der Waals surface area contributed by atoms with Gasteiger partial charge in [-0.05, 0) is 12.8 Å². The molecule has 1 fully saturated rings. The summed E-state index contributed by atoms with van der Waals surface area (Å²) in [5, 5.41) is 10.4. The highest BCUT2D eigenvalue weighted by atomic mass is 19.3. The van der Waals surface area contributed by atoms with Gasteiger partial charge in [-0.25, -0.2) is 13.6 Å². The molecule has 1 saturated carbocycles. The topological polar surface area (TPSA) is 49.3 Å². The van der Waals surface area contributed by atoms with Gasteiger partial charge in [-0.3, -0.25) is 0 Å². The first-order chi connectivity index (χ1) is 5.49. The second-order valence-electron chi connectivity index (χ2n) is 3.10. The lowest BCUT2D eigenvalue weighted by Gasteiger charge is -2.28. The fraction of sp³-hybridized carbons (Fsp3) is 0.857. The lowest BCUT2D eigenvalue weighted by atomic mass is 9.92. The molecule has 1 amide bonds. The van der Waals surface area contributed by atoms with E-state index in [0.717, 1.165) is 0 Å². The third-order valence-corrected chi connectivity index (χ3v) is 1.97. The SMILES string of the molecule is O=C(O)N[C@@H]1CCCC(F)(F)C1. The van der Waals surface area contributed by atoms with Gasteiger partial charge in [0, 0.05) is 18.9 Å². The molecule has 1 aliphatic rings. The average Bonchev–Trinajstić information content (AvgIpc) is 1.82. The van der Waals surface area contributed by atoms with Crippen LogP contribution < -0.4 is 5.32 Å². The first-order valence-electron chi connectivity index (χ1n) is 3.87. The van der Waals surface area contributed by atoms with Gasteiger partial charge in [0.05, 0.1) is 0 Å². The van der Waals surface area contributed by atoms with Crippen molar-refractivity contribution >= 4 is 6.09 Å². The highest BCUT2D eigenvalue weighted by Crippen LogP contribution is 2.32. The summed E-state index contributed by atoms with van der Waals surface area (Å²) in [5.74, 6) is -2.69. The Balaban J connectivity index is 2.41. The molecule has 3 nitrogen and oxygen atoms in total. The molecule has 0 heterocycles. The monoisotopic (exact) mass is 179 g/mol. The summed E-state index contributed by atoms with van der Waals surface area (Å²) < 4.78 is 25.3. The maximum atomic E-state index is 12.7. The van der Waals surface area contributed by atoms with E-state index in [-0.39, 0.29) is 12.8 Å². The molecule has 0 unspecified atom stereocenters. The fourth-order valence-corrected chi connectivity index (χ4v) is 1.47. The average molecular weight is 179 g/mol. The summed E-state index contributed by atoms with van der Waals surface area (Å²) in [6.07, 6.45) is -0.804. The zero-order chi connectivity index (χ0) is 9.19. The van der Waals surface area contributed by atoms with Crippen molar-refractivity contribution < 1.29 is 18.7 Å². The van der Waals surface area contributed by atoms with Gasteiger partial charge in [-0.2, -0.15) is 0 Å². The number of halogens is 2. The van der Waals surface area contributed by atoms with Crippen LogP contribution in [0.1, 0.15) is 25.7 Å². The largest absolute Gasteiger partial charge is 0.465 e. The van der Waals surface area contributed by atoms with E-state index in [1.165, 1.54) is 0 Å². The van der Waals surface area contributed by atoms with E-state index in [2.05, 4.69) is 5.32 Å². The van der Waals surface area contributed by atoms with Crippen LogP contribution in [0.5, 0.6) is 0 Å². The predicted octanol–water partition coefficient (Wildman–Crippen LogP) is 1.83. The second-order valence-corrected chi connectivity index (χ2v) is 3.10. The van der Waals surface area contributed by atoms with E-state index in [1.807, 2.05) is 0 Å².